The Balaban J connectivity index is 0. The van der Waals surface area contributed by atoms with Gasteiger partial charge in [-0.2, -0.15) is 0 Å². The predicted octanol–water partition coefficient (Wildman–Crippen LogP) is 0.604. The summed E-state index contributed by atoms with van der Waals surface area (Å²) < 4.78 is 53.5. The first-order chi connectivity index (χ1) is 13.0. The van der Waals surface area contributed by atoms with Crippen molar-refractivity contribution in [3.63, 3.8) is 0 Å². The van der Waals surface area contributed by atoms with Crippen LogP contribution in [0.4, 0.5) is 0 Å². The van der Waals surface area contributed by atoms with E-state index in [1.54, 1.807) is 12.4 Å². The molecule has 28 heavy (non-hydrogen) atoms. The van der Waals surface area contributed by atoms with Crippen LogP contribution in [0.25, 0.3) is 0 Å². The van der Waals surface area contributed by atoms with Gasteiger partial charge in [-0.15, -0.1) is 0 Å². The van der Waals surface area contributed by atoms with Gasteiger partial charge in [0, 0.05) is 36.7 Å². The molecule has 0 saturated carbocycles. The Morgan fingerprint density at radius 1 is 0.571 bits per heavy atom. The van der Waals surface area contributed by atoms with Crippen molar-refractivity contribution in [3.8, 4) is 0 Å². The number of rotatable bonds is 0. The summed E-state index contributed by atoms with van der Waals surface area (Å²) in [5.41, 5.74) is 0. The van der Waals surface area contributed by atoms with Crippen LogP contribution in [-0.2, 0) is 39.9 Å². The number of aromatic nitrogens is 3. The van der Waals surface area contributed by atoms with E-state index in [-0.39, 0.29) is 0 Å². The van der Waals surface area contributed by atoms with E-state index < -0.39 is 24.7 Å². The van der Waals surface area contributed by atoms with E-state index in [9.17, 15) is 0 Å². The molecule has 2 N–H and O–H groups in total. The maximum atomic E-state index is 8.91. The molecule has 0 aliphatic carbocycles. The van der Waals surface area contributed by atoms with Crippen molar-refractivity contribution in [1.82, 2.24) is 4.98 Å². The monoisotopic (exact) mass is 509 g/mol. The largest absolute Gasteiger partial charge is 0.265 e. The van der Waals surface area contributed by atoms with Crippen LogP contribution in [0, 0.1) is 0 Å². The van der Waals surface area contributed by atoms with Crippen LogP contribution in [0.1, 0.15) is 0 Å². The van der Waals surface area contributed by atoms with Crippen LogP contribution in [0.2, 0.25) is 0 Å². The van der Waals surface area contributed by atoms with E-state index >= 15 is 0 Å². The second-order valence-corrected chi connectivity index (χ2v) is 9.54. The van der Waals surface area contributed by atoms with Gasteiger partial charge in [-0.25, -0.2) is 9.97 Å². The molecule has 0 unspecified atom stereocenters. The number of hydrogen-bond donors (Lipinski definition) is 0. The van der Waals surface area contributed by atoms with Crippen LogP contribution in [0.15, 0.2) is 91.8 Å². The number of nitrogens with zero attached hydrogens (tertiary/aromatic N) is 1. The van der Waals surface area contributed by atoms with Crippen LogP contribution >= 0.6 is 20.1 Å². The van der Waals surface area contributed by atoms with Gasteiger partial charge in [0.25, 0.3) is 0 Å². The third-order valence-electron chi connectivity index (χ3n) is 1.78. The second-order valence-electron chi connectivity index (χ2n) is 3.97. The Bertz CT molecular complexity index is 688. The zero-order valence-electron chi connectivity index (χ0n) is 14.1. The molecule has 3 rings (SSSR count). The summed E-state index contributed by atoms with van der Waals surface area (Å²) in [6.07, 6.45) is 11.0. The average molecular weight is 510 g/mol. The Kier molecular flexibility index (Phi) is 18.9. The summed E-state index contributed by atoms with van der Waals surface area (Å²) in [6.45, 7) is 0. The summed E-state index contributed by atoms with van der Waals surface area (Å²) in [5.74, 6) is 0. The number of pyridine rings is 3. The maximum Gasteiger partial charge on any atom is 0.166 e. The number of halogens is 2. The fourth-order valence-corrected chi connectivity index (χ4v) is 0.996. The molecule has 0 amide bonds. The summed E-state index contributed by atoms with van der Waals surface area (Å²) in [7, 11) is 8.04. The van der Waals surface area contributed by atoms with Crippen molar-refractivity contribution in [2.45, 2.75) is 0 Å². The third kappa shape index (κ3) is 49.6. The first-order valence-electron chi connectivity index (χ1n) is 6.98. The second kappa shape index (κ2) is 18.6. The molecule has 154 valence electrons. The fraction of sp³-hybridized carbons (Fsp3) is 0. The molecule has 0 aliphatic heterocycles. The molecule has 13 heteroatoms. The van der Waals surface area contributed by atoms with Gasteiger partial charge in [-0.05, 0) is 12.1 Å². The number of nitrogens with one attached hydrogen (secondary N) is 2. The molecule has 3 aromatic rings. The molecule has 0 radical (unpaired) electrons. The minimum Gasteiger partial charge on any atom is -0.265 e. The van der Waals surface area contributed by atoms with Crippen LogP contribution in [-0.4, -0.2) is 4.98 Å². The normalized spacial score (nSPS) is 9.29. The van der Waals surface area contributed by atoms with Gasteiger partial charge in [-0.1, -0.05) is 18.2 Å². The fourth-order valence-electron chi connectivity index (χ4n) is 0.996. The molecule has 0 aliphatic rings. The van der Waals surface area contributed by atoms with Gasteiger partial charge in [-0.3, -0.25) is 4.98 Å². The van der Waals surface area contributed by atoms with Crippen molar-refractivity contribution in [3.05, 3.63) is 91.8 Å². The SMILES string of the molecule is [O]=[Cr](=[O])([O-])[Cl].[O]=[Cr](=[O])([O-])[Cl].c1cc[nH+]cc1.c1cc[nH+]cc1.c1ccncc1. The van der Waals surface area contributed by atoms with Crippen LogP contribution in [0.3, 0.4) is 0 Å². The van der Waals surface area contributed by atoms with E-state index in [0.717, 1.165) is 0 Å². The topological polar surface area (TPSA) is 156 Å². The van der Waals surface area contributed by atoms with Gasteiger partial charge >= 0.3 is 68.3 Å². The van der Waals surface area contributed by atoms with Gasteiger partial charge < -0.3 is 0 Å². The zero-order chi connectivity index (χ0) is 21.7. The van der Waals surface area contributed by atoms with Gasteiger partial charge in [0.1, 0.15) is 0 Å². The van der Waals surface area contributed by atoms with Gasteiger partial charge in [0.15, 0.2) is 24.8 Å². The molecule has 9 nitrogen and oxygen atoms in total. The van der Waals surface area contributed by atoms with E-state index in [1.165, 1.54) is 0 Å². The molecule has 0 aromatic carbocycles. The summed E-state index contributed by atoms with van der Waals surface area (Å²) >= 11 is -10.1. The Morgan fingerprint density at radius 2 is 0.821 bits per heavy atom. The van der Waals surface area contributed by atoms with E-state index in [1.807, 2.05) is 79.4 Å². The first-order valence-corrected chi connectivity index (χ1v) is 13.6. The van der Waals surface area contributed by atoms with Crippen molar-refractivity contribution in [2.24, 2.45) is 0 Å². The van der Waals surface area contributed by atoms with Crippen molar-refractivity contribution in [1.29, 1.82) is 0 Å². The minimum atomic E-state index is -5.03. The minimum absolute atomic E-state index is 1.75. The van der Waals surface area contributed by atoms with Gasteiger partial charge in [0.2, 0.25) is 0 Å². The predicted molar refractivity (Wildman–Crippen MR) is 84.7 cm³/mol. The van der Waals surface area contributed by atoms with E-state index in [4.69, 9.17) is 23.5 Å². The molecule has 0 atom stereocenters. The molecule has 3 heterocycles. The van der Waals surface area contributed by atoms with Crippen molar-refractivity contribution in [2.75, 3.05) is 0 Å². The Morgan fingerprint density at radius 3 is 0.893 bits per heavy atom. The summed E-state index contributed by atoms with van der Waals surface area (Å²) in [6, 6.07) is 17.4. The van der Waals surface area contributed by atoms with E-state index in [2.05, 4.69) is 35.1 Å². The third-order valence-corrected chi connectivity index (χ3v) is 1.78. The number of aromatic amines is 2. The molecule has 0 spiro atoms. The summed E-state index contributed by atoms with van der Waals surface area (Å²) in [5, 5.41) is 0. The molecule has 3 aromatic heterocycles. The zero-order valence-corrected chi connectivity index (χ0v) is 18.2. The van der Waals surface area contributed by atoms with Crippen molar-refractivity contribution >= 4 is 20.1 Å². The van der Waals surface area contributed by atoms with Crippen LogP contribution < -0.4 is 18.3 Å². The molecule has 0 saturated heterocycles. The number of H-pyrrole nitrogens is 2. The number of hydrogen-bond acceptors (Lipinski definition) is 7. The quantitative estimate of drug-likeness (QED) is 0.429. The maximum absolute atomic E-state index is 8.91. The Labute approximate surface area is 174 Å². The molecule has 0 fully saturated rings. The molecule has 0 bridgehead atoms. The average Bonchev–Trinajstić information content (AvgIpc) is 2.64. The van der Waals surface area contributed by atoms with E-state index in [0.29, 0.717) is 0 Å². The van der Waals surface area contributed by atoms with Gasteiger partial charge in [0.05, 0.1) is 0 Å². The smallest absolute Gasteiger partial charge is 0.166 e. The molecular weight excluding hydrogens is 493 g/mol. The van der Waals surface area contributed by atoms with Crippen molar-refractivity contribution < 1.29 is 58.2 Å². The first kappa shape index (κ1) is 28.4. The molecular formula is C15H17Cl2Cr2N3O6. The summed E-state index contributed by atoms with van der Waals surface area (Å²) in [4.78, 5) is 9.57. The van der Waals surface area contributed by atoms with Crippen LogP contribution in [0.5, 0.6) is 0 Å². The standard InChI is InChI=1S/3C5H5N.2ClH.2Cr.6O/c3*1-2-4-6-5-3-1;;;;;;;;;;/h3*1-5H;2*1H;;;;;;;;/q;;;;;2*+1;;;;;2*-1. The Hall–Kier alpha value is -1.79.